The molecule has 0 bridgehead atoms. The van der Waals surface area contributed by atoms with Gasteiger partial charge in [0.1, 0.15) is 16.4 Å². The Kier molecular flexibility index (Phi) is 5.13. The number of ether oxygens (including phenoxy) is 1. The number of nitro groups is 1. The number of amides is 1. The fraction of sp³-hybridized carbons (Fsp3) is 0.111. The molecule has 7 nitrogen and oxygen atoms in total. The number of benzene rings is 2. The Morgan fingerprint density at radius 2 is 2.00 bits per heavy atom. The predicted octanol–water partition coefficient (Wildman–Crippen LogP) is 4.05. The lowest BCUT2D eigenvalue weighted by molar-refractivity contribution is -0.384. The molecule has 3 rings (SSSR count). The minimum Gasteiger partial charge on any atom is -0.451 e. The van der Waals surface area contributed by atoms with E-state index < -0.39 is 29.2 Å². The van der Waals surface area contributed by atoms with Crippen molar-refractivity contribution in [2.45, 2.75) is 6.92 Å². The molecule has 3 aromatic rings. The average Bonchev–Trinajstić information content (AvgIpc) is 3.07. The molecule has 0 aliphatic rings. The van der Waals surface area contributed by atoms with Gasteiger partial charge < -0.3 is 10.1 Å². The van der Waals surface area contributed by atoms with E-state index in [4.69, 9.17) is 4.74 Å². The van der Waals surface area contributed by atoms with E-state index in [2.05, 4.69) is 5.32 Å². The number of carbonyl (C=O) groups is 2. The molecule has 27 heavy (non-hydrogen) atoms. The number of aryl methyl sites for hydroxylation is 1. The quantitative estimate of drug-likeness (QED) is 0.404. The summed E-state index contributed by atoms with van der Waals surface area (Å²) in [5.41, 5.74) is 0.297. The smallest absolute Gasteiger partial charge is 0.348 e. The van der Waals surface area contributed by atoms with Crippen LogP contribution >= 0.6 is 11.3 Å². The number of carbonyl (C=O) groups excluding carboxylic acids is 2. The number of fused-ring (bicyclic) bond motifs is 1. The number of hydrogen-bond donors (Lipinski definition) is 1. The molecule has 0 saturated heterocycles. The predicted molar refractivity (Wildman–Crippen MR) is 98.5 cm³/mol. The molecule has 0 aliphatic heterocycles. The second kappa shape index (κ2) is 7.50. The van der Waals surface area contributed by atoms with Crippen molar-refractivity contribution >= 4 is 44.7 Å². The summed E-state index contributed by atoms with van der Waals surface area (Å²) in [5, 5.41) is 13.7. The highest BCUT2D eigenvalue weighted by Gasteiger charge is 2.19. The molecule has 0 fully saturated rings. The number of nitro benzene ring substituents is 1. The summed E-state index contributed by atoms with van der Waals surface area (Å²) >= 11 is 1.05. The minimum absolute atomic E-state index is 0.0486. The molecule has 0 atom stereocenters. The van der Waals surface area contributed by atoms with E-state index in [9.17, 15) is 24.1 Å². The topological polar surface area (TPSA) is 98.5 Å². The van der Waals surface area contributed by atoms with Gasteiger partial charge in [0, 0.05) is 16.2 Å². The largest absolute Gasteiger partial charge is 0.451 e. The highest BCUT2D eigenvalue weighted by molar-refractivity contribution is 7.20. The summed E-state index contributed by atoms with van der Waals surface area (Å²) in [6.45, 7) is 0.988. The molecule has 0 aliphatic carbocycles. The third kappa shape index (κ3) is 3.93. The van der Waals surface area contributed by atoms with Gasteiger partial charge in [0.25, 0.3) is 11.6 Å². The van der Waals surface area contributed by atoms with Crippen molar-refractivity contribution < 1.29 is 23.6 Å². The highest BCUT2D eigenvalue weighted by Crippen LogP contribution is 2.29. The Bertz CT molecular complexity index is 1060. The number of esters is 1. The molecule has 9 heteroatoms. The van der Waals surface area contributed by atoms with Gasteiger partial charge in [-0.05, 0) is 30.7 Å². The summed E-state index contributed by atoms with van der Waals surface area (Å²) in [6, 6.07) is 10.2. The van der Waals surface area contributed by atoms with E-state index in [1.54, 1.807) is 19.1 Å². The van der Waals surface area contributed by atoms with Crippen molar-refractivity contribution in [3.63, 3.8) is 0 Å². The Morgan fingerprint density at radius 3 is 2.70 bits per heavy atom. The van der Waals surface area contributed by atoms with E-state index in [0.29, 0.717) is 15.6 Å². The number of para-hydroxylation sites is 1. The van der Waals surface area contributed by atoms with Crippen LogP contribution in [0.5, 0.6) is 0 Å². The lowest BCUT2D eigenvalue weighted by Crippen LogP contribution is -2.21. The Morgan fingerprint density at radius 1 is 1.26 bits per heavy atom. The molecule has 1 aromatic heterocycles. The zero-order valence-corrected chi connectivity index (χ0v) is 14.8. The monoisotopic (exact) mass is 388 g/mol. The second-order valence-electron chi connectivity index (χ2n) is 5.61. The number of thiophene rings is 1. The zero-order chi connectivity index (χ0) is 19.6. The Labute approximate surface area is 156 Å². The lowest BCUT2D eigenvalue weighted by Gasteiger charge is -2.09. The van der Waals surface area contributed by atoms with Crippen LogP contribution < -0.4 is 5.32 Å². The molecular formula is C18H13FN2O5S. The first kappa shape index (κ1) is 18.5. The molecule has 1 amide bonds. The molecule has 2 aromatic carbocycles. The highest BCUT2D eigenvalue weighted by atomic mass is 32.1. The first-order valence-electron chi connectivity index (χ1n) is 7.76. The van der Waals surface area contributed by atoms with Crippen LogP contribution in [0.3, 0.4) is 0 Å². The van der Waals surface area contributed by atoms with E-state index in [1.807, 2.05) is 0 Å². The number of nitrogens with one attached hydrogen (secondary N) is 1. The molecule has 0 saturated carbocycles. The minimum atomic E-state index is -0.773. The van der Waals surface area contributed by atoms with Gasteiger partial charge in [0.15, 0.2) is 6.61 Å². The number of hydrogen-bond acceptors (Lipinski definition) is 6. The van der Waals surface area contributed by atoms with Gasteiger partial charge >= 0.3 is 5.97 Å². The number of nitrogens with zero attached hydrogens (tertiary/aromatic N) is 1. The third-order valence-electron chi connectivity index (χ3n) is 3.76. The maximum absolute atomic E-state index is 13.7. The molecule has 138 valence electrons. The summed E-state index contributed by atoms with van der Waals surface area (Å²) in [4.78, 5) is 34.7. The van der Waals surface area contributed by atoms with Crippen LogP contribution in [0.2, 0.25) is 0 Å². The molecular weight excluding hydrogens is 375 g/mol. The lowest BCUT2D eigenvalue weighted by atomic mass is 10.1. The van der Waals surface area contributed by atoms with Crippen molar-refractivity contribution in [1.82, 2.24) is 0 Å². The molecule has 0 unspecified atom stereocenters. The van der Waals surface area contributed by atoms with Crippen molar-refractivity contribution in [1.29, 1.82) is 0 Å². The van der Waals surface area contributed by atoms with Crippen LogP contribution in [-0.2, 0) is 9.53 Å². The zero-order valence-electron chi connectivity index (χ0n) is 14.0. The van der Waals surface area contributed by atoms with Crippen LogP contribution in [0, 0.1) is 22.9 Å². The molecule has 0 radical (unpaired) electrons. The number of anilines is 1. The number of rotatable bonds is 5. The van der Waals surface area contributed by atoms with Gasteiger partial charge in [-0.1, -0.05) is 18.2 Å². The van der Waals surface area contributed by atoms with E-state index >= 15 is 0 Å². The van der Waals surface area contributed by atoms with Crippen molar-refractivity contribution in [3.05, 3.63) is 68.8 Å². The van der Waals surface area contributed by atoms with E-state index in [-0.39, 0.29) is 16.3 Å². The maximum Gasteiger partial charge on any atom is 0.348 e. The van der Waals surface area contributed by atoms with E-state index in [1.165, 1.54) is 30.3 Å². The van der Waals surface area contributed by atoms with Crippen LogP contribution in [0.4, 0.5) is 15.8 Å². The van der Waals surface area contributed by atoms with Crippen LogP contribution in [0.15, 0.2) is 42.5 Å². The second-order valence-corrected chi connectivity index (χ2v) is 6.70. The Hall–Kier alpha value is -3.33. The molecule has 0 spiro atoms. The van der Waals surface area contributed by atoms with Gasteiger partial charge in [0.05, 0.1) is 4.92 Å². The van der Waals surface area contributed by atoms with Gasteiger partial charge in [-0.2, -0.15) is 0 Å². The van der Waals surface area contributed by atoms with Crippen LogP contribution in [-0.4, -0.2) is 23.4 Å². The maximum atomic E-state index is 13.7. The fourth-order valence-corrected chi connectivity index (χ4v) is 3.44. The average molecular weight is 388 g/mol. The van der Waals surface area contributed by atoms with E-state index in [0.717, 1.165) is 11.3 Å². The Balaban J connectivity index is 1.68. The van der Waals surface area contributed by atoms with Crippen molar-refractivity contribution in [2.24, 2.45) is 0 Å². The van der Waals surface area contributed by atoms with Crippen molar-refractivity contribution in [3.8, 4) is 0 Å². The summed E-state index contributed by atoms with van der Waals surface area (Å²) in [7, 11) is 0. The normalized spacial score (nSPS) is 10.6. The molecule has 1 N–H and O–H groups in total. The van der Waals surface area contributed by atoms with Gasteiger partial charge in [-0.15, -0.1) is 11.3 Å². The first-order chi connectivity index (χ1) is 12.9. The third-order valence-corrected chi connectivity index (χ3v) is 4.84. The molecule has 1 heterocycles. The summed E-state index contributed by atoms with van der Waals surface area (Å²) in [6.07, 6.45) is 0. The van der Waals surface area contributed by atoms with Crippen molar-refractivity contribution in [2.75, 3.05) is 11.9 Å². The summed E-state index contributed by atoms with van der Waals surface area (Å²) < 4.78 is 19.2. The van der Waals surface area contributed by atoms with Gasteiger partial charge in [0.2, 0.25) is 0 Å². The van der Waals surface area contributed by atoms with Gasteiger partial charge in [-0.3, -0.25) is 14.9 Å². The van der Waals surface area contributed by atoms with Crippen LogP contribution in [0.25, 0.3) is 10.1 Å². The van der Waals surface area contributed by atoms with Crippen LogP contribution in [0.1, 0.15) is 15.2 Å². The first-order valence-corrected chi connectivity index (χ1v) is 8.57. The summed E-state index contributed by atoms with van der Waals surface area (Å²) in [5.74, 6) is -1.94. The number of halogens is 1. The fourth-order valence-electron chi connectivity index (χ4n) is 2.47. The standard InChI is InChI=1S/C18H13FN2O5S/c1-10-4-2-6-13(21(24)25)17(10)20-16(22)9-26-18(23)15-8-11-12(19)5-3-7-14(11)27-15/h2-8H,9H2,1H3,(H,20,22). The van der Waals surface area contributed by atoms with Gasteiger partial charge in [-0.25, -0.2) is 9.18 Å². The SMILES string of the molecule is Cc1cccc([N+](=O)[O-])c1NC(=O)COC(=O)c1cc2c(F)cccc2s1.